The van der Waals surface area contributed by atoms with Gasteiger partial charge in [-0.2, -0.15) is 4.57 Å². The van der Waals surface area contributed by atoms with Gasteiger partial charge in [0.05, 0.1) is 0 Å². The molecule has 1 heteroatoms. The van der Waals surface area contributed by atoms with E-state index in [-0.39, 0.29) is 0 Å². The van der Waals surface area contributed by atoms with Gasteiger partial charge in [-0.05, 0) is 30.2 Å². The first-order chi connectivity index (χ1) is 9.75. The van der Waals surface area contributed by atoms with Crippen LogP contribution in [0.2, 0.25) is 0 Å². The summed E-state index contributed by atoms with van der Waals surface area (Å²) in [7, 11) is 2.12. The van der Waals surface area contributed by atoms with Crippen LogP contribution < -0.4 is 4.57 Å². The third-order valence-electron chi connectivity index (χ3n) is 3.71. The van der Waals surface area contributed by atoms with Crippen LogP contribution in [0, 0.1) is 0 Å². The van der Waals surface area contributed by atoms with Crippen LogP contribution in [0.3, 0.4) is 0 Å². The second-order valence-electron chi connectivity index (χ2n) is 5.07. The Hall–Kier alpha value is -2.41. The summed E-state index contributed by atoms with van der Waals surface area (Å²) in [5, 5.41) is 1.27. The number of pyridine rings is 1. The molecule has 0 fully saturated rings. The highest BCUT2D eigenvalue weighted by Gasteiger charge is 2.09. The zero-order valence-electron chi connectivity index (χ0n) is 11.9. The highest BCUT2D eigenvalue weighted by molar-refractivity contribution is 5.81. The Bertz CT molecular complexity index is 770. The second-order valence-corrected chi connectivity index (χ2v) is 5.07. The molecule has 98 valence electrons. The fourth-order valence-electron chi connectivity index (χ4n) is 2.51. The Morgan fingerprint density at radius 1 is 0.850 bits per heavy atom. The minimum Gasteiger partial charge on any atom is -0.195 e. The highest BCUT2D eigenvalue weighted by Crippen LogP contribution is 2.17. The predicted molar refractivity (Wildman–Crippen MR) is 85.1 cm³/mol. The van der Waals surface area contributed by atoms with Crippen LogP contribution in [0.15, 0.2) is 66.7 Å². The molecule has 1 heterocycles. The maximum absolute atomic E-state index is 2.24. The Balaban J connectivity index is 2.09. The van der Waals surface area contributed by atoms with Crippen LogP contribution in [-0.4, -0.2) is 0 Å². The smallest absolute Gasteiger partial charge is 0.195 e. The SMILES string of the molecule is C/C(=C\c1ccc2ccccc2[n+]1C)c1ccccc1. The van der Waals surface area contributed by atoms with Crippen molar-refractivity contribution in [3.8, 4) is 0 Å². The van der Waals surface area contributed by atoms with Crippen molar-refractivity contribution in [1.29, 1.82) is 0 Å². The van der Waals surface area contributed by atoms with E-state index >= 15 is 0 Å². The molecule has 3 rings (SSSR count). The van der Waals surface area contributed by atoms with Crippen molar-refractivity contribution in [1.82, 2.24) is 0 Å². The number of rotatable bonds is 2. The summed E-state index contributed by atoms with van der Waals surface area (Å²) in [6, 6.07) is 23.3. The van der Waals surface area contributed by atoms with E-state index in [9.17, 15) is 0 Å². The first kappa shape index (κ1) is 12.6. The lowest BCUT2D eigenvalue weighted by Gasteiger charge is -2.03. The van der Waals surface area contributed by atoms with Crippen molar-refractivity contribution in [2.75, 3.05) is 0 Å². The molecule has 0 unspecified atom stereocenters. The molecule has 0 atom stereocenters. The standard InChI is InChI=1S/C19H18N/c1-15(16-8-4-3-5-9-16)14-18-13-12-17-10-6-7-11-19(17)20(18)2/h3-14H,1-2H3/q+1/b15-14+. The molecule has 2 aromatic carbocycles. The largest absolute Gasteiger partial charge is 0.212 e. The molecule has 0 amide bonds. The number of para-hydroxylation sites is 1. The first-order valence-corrected chi connectivity index (χ1v) is 6.87. The number of allylic oxidation sites excluding steroid dienone is 1. The molecule has 0 saturated carbocycles. The molecular formula is C19H18N+. The molecule has 0 aliphatic carbocycles. The van der Waals surface area contributed by atoms with E-state index in [1.807, 2.05) is 6.07 Å². The van der Waals surface area contributed by atoms with Gasteiger partial charge in [-0.15, -0.1) is 0 Å². The Labute approximate surface area is 119 Å². The number of nitrogens with zero attached hydrogens (tertiary/aromatic N) is 1. The van der Waals surface area contributed by atoms with E-state index in [2.05, 4.69) is 85.3 Å². The number of benzene rings is 2. The van der Waals surface area contributed by atoms with Crippen LogP contribution in [0.25, 0.3) is 22.6 Å². The van der Waals surface area contributed by atoms with E-state index in [4.69, 9.17) is 0 Å². The highest BCUT2D eigenvalue weighted by atomic mass is 14.9. The van der Waals surface area contributed by atoms with Crippen LogP contribution in [-0.2, 0) is 7.05 Å². The number of hydrogen-bond donors (Lipinski definition) is 0. The van der Waals surface area contributed by atoms with E-state index in [1.165, 1.54) is 27.7 Å². The van der Waals surface area contributed by atoms with Gasteiger partial charge in [0.15, 0.2) is 0 Å². The van der Waals surface area contributed by atoms with E-state index < -0.39 is 0 Å². The van der Waals surface area contributed by atoms with Crippen molar-refractivity contribution >= 4 is 22.6 Å². The van der Waals surface area contributed by atoms with Crippen LogP contribution in [0.5, 0.6) is 0 Å². The Morgan fingerprint density at radius 3 is 2.35 bits per heavy atom. The summed E-state index contributed by atoms with van der Waals surface area (Å²) in [6.45, 7) is 2.16. The fraction of sp³-hybridized carbons (Fsp3) is 0.105. The molecule has 0 spiro atoms. The van der Waals surface area contributed by atoms with Gasteiger partial charge in [0, 0.05) is 23.6 Å². The molecule has 3 aromatic rings. The second kappa shape index (κ2) is 5.30. The third kappa shape index (κ3) is 2.35. The molecule has 0 N–H and O–H groups in total. The topological polar surface area (TPSA) is 3.88 Å². The normalized spacial score (nSPS) is 11.8. The van der Waals surface area contributed by atoms with Crippen LogP contribution in [0.4, 0.5) is 0 Å². The van der Waals surface area contributed by atoms with E-state index in [0.717, 1.165) is 0 Å². The molecule has 0 saturated heterocycles. The van der Waals surface area contributed by atoms with Crippen molar-refractivity contribution in [2.45, 2.75) is 6.92 Å². The minimum atomic E-state index is 1.21. The fourth-order valence-corrected chi connectivity index (χ4v) is 2.51. The summed E-state index contributed by atoms with van der Waals surface area (Å²) in [4.78, 5) is 0. The summed E-state index contributed by atoms with van der Waals surface area (Å²) in [5.41, 5.74) is 5.00. The summed E-state index contributed by atoms with van der Waals surface area (Å²) in [6.07, 6.45) is 2.24. The quantitative estimate of drug-likeness (QED) is 0.607. The van der Waals surface area contributed by atoms with Crippen LogP contribution in [0.1, 0.15) is 18.2 Å². The van der Waals surface area contributed by atoms with E-state index in [0.29, 0.717) is 0 Å². The molecule has 0 aliphatic heterocycles. The molecule has 0 radical (unpaired) electrons. The molecular weight excluding hydrogens is 242 g/mol. The predicted octanol–water partition coefficient (Wildman–Crippen LogP) is 4.22. The zero-order chi connectivity index (χ0) is 13.9. The molecule has 1 aromatic heterocycles. The van der Waals surface area contributed by atoms with Crippen molar-refractivity contribution in [2.24, 2.45) is 7.05 Å². The van der Waals surface area contributed by atoms with Gasteiger partial charge in [0.2, 0.25) is 11.2 Å². The Kier molecular flexibility index (Phi) is 3.34. The van der Waals surface area contributed by atoms with Gasteiger partial charge in [-0.25, -0.2) is 0 Å². The maximum Gasteiger partial charge on any atom is 0.212 e. The average Bonchev–Trinajstić information content (AvgIpc) is 2.51. The van der Waals surface area contributed by atoms with E-state index in [1.54, 1.807) is 0 Å². The number of aromatic nitrogens is 1. The lowest BCUT2D eigenvalue weighted by molar-refractivity contribution is -0.646. The molecule has 1 nitrogen and oxygen atoms in total. The summed E-state index contributed by atoms with van der Waals surface area (Å²) < 4.78 is 2.24. The van der Waals surface area contributed by atoms with Gasteiger partial charge in [-0.1, -0.05) is 42.5 Å². The van der Waals surface area contributed by atoms with Gasteiger partial charge < -0.3 is 0 Å². The average molecular weight is 260 g/mol. The minimum absolute atomic E-state index is 1.21. The first-order valence-electron chi connectivity index (χ1n) is 6.87. The number of hydrogen-bond acceptors (Lipinski definition) is 0. The van der Waals surface area contributed by atoms with Crippen molar-refractivity contribution < 1.29 is 4.57 Å². The van der Waals surface area contributed by atoms with Gasteiger partial charge in [0.25, 0.3) is 0 Å². The summed E-state index contributed by atoms with van der Waals surface area (Å²) in [5.74, 6) is 0. The van der Waals surface area contributed by atoms with Gasteiger partial charge >= 0.3 is 0 Å². The molecule has 0 bridgehead atoms. The third-order valence-corrected chi connectivity index (χ3v) is 3.71. The lowest BCUT2D eigenvalue weighted by atomic mass is 10.1. The van der Waals surface area contributed by atoms with Crippen LogP contribution >= 0.6 is 0 Å². The number of aryl methyl sites for hydroxylation is 1. The van der Waals surface area contributed by atoms with Gasteiger partial charge in [0.1, 0.15) is 7.05 Å². The molecule has 20 heavy (non-hydrogen) atoms. The zero-order valence-corrected chi connectivity index (χ0v) is 11.9. The molecule has 0 aliphatic rings. The monoisotopic (exact) mass is 260 g/mol. The lowest BCUT2D eigenvalue weighted by Crippen LogP contribution is -2.32. The Morgan fingerprint density at radius 2 is 1.55 bits per heavy atom. The maximum atomic E-state index is 2.24. The van der Waals surface area contributed by atoms with Crippen molar-refractivity contribution in [3.63, 3.8) is 0 Å². The summed E-state index contributed by atoms with van der Waals surface area (Å²) >= 11 is 0. The van der Waals surface area contributed by atoms with Crippen molar-refractivity contribution in [3.05, 3.63) is 78.0 Å². The number of fused-ring (bicyclic) bond motifs is 1. The van der Waals surface area contributed by atoms with Gasteiger partial charge in [-0.3, -0.25) is 0 Å².